The molecule has 0 fully saturated rings. The lowest BCUT2D eigenvalue weighted by molar-refractivity contribution is -0.145. The van der Waals surface area contributed by atoms with E-state index in [9.17, 15) is 4.79 Å². The Labute approximate surface area is 203 Å². The van der Waals surface area contributed by atoms with E-state index in [2.05, 4.69) is 47.8 Å². The molecule has 0 aromatic heterocycles. The second-order valence-corrected chi connectivity index (χ2v) is 8.10. The van der Waals surface area contributed by atoms with Crippen molar-refractivity contribution in [2.75, 3.05) is 19.8 Å². The molecular formula is C29H35NO4. The molecule has 0 saturated carbocycles. The van der Waals surface area contributed by atoms with Crippen molar-refractivity contribution in [2.45, 2.75) is 45.8 Å². The van der Waals surface area contributed by atoms with Crippen LogP contribution < -0.4 is 14.8 Å². The summed E-state index contributed by atoms with van der Waals surface area (Å²) >= 11 is 0. The molecule has 0 aliphatic carbocycles. The molecule has 0 unspecified atom stereocenters. The lowest BCUT2D eigenvalue weighted by atomic mass is 10.1. The largest absolute Gasteiger partial charge is 0.494 e. The normalized spacial score (nSPS) is 10.6. The molecule has 0 radical (unpaired) electrons. The first kappa shape index (κ1) is 25.3. The van der Waals surface area contributed by atoms with Crippen molar-refractivity contribution in [3.05, 3.63) is 95.6 Å². The highest BCUT2D eigenvalue weighted by Crippen LogP contribution is 2.14. The summed E-state index contributed by atoms with van der Waals surface area (Å²) in [5.41, 5.74) is 3.55. The average Bonchev–Trinajstić information content (AvgIpc) is 2.87. The molecule has 0 aliphatic heterocycles. The fourth-order valence-corrected chi connectivity index (χ4v) is 3.49. The number of ether oxygens (including phenoxy) is 3. The lowest BCUT2D eigenvalue weighted by Crippen LogP contribution is -2.15. The van der Waals surface area contributed by atoms with Gasteiger partial charge in [0.1, 0.15) is 18.1 Å². The molecule has 0 bridgehead atoms. The summed E-state index contributed by atoms with van der Waals surface area (Å²) in [6.45, 7) is 5.16. The van der Waals surface area contributed by atoms with E-state index < -0.39 is 0 Å². The van der Waals surface area contributed by atoms with Crippen LogP contribution in [0.25, 0.3) is 0 Å². The minimum absolute atomic E-state index is 0.217. The van der Waals surface area contributed by atoms with Gasteiger partial charge >= 0.3 is 5.97 Å². The van der Waals surface area contributed by atoms with Crippen molar-refractivity contribution in [1.82, 2.24) is 5.32 Å². The van der Waals surface area contributed by atoms with Crippen LogP contribution in [0, 0.1) is 0 Å². The van der Waals surface area contributed by atoms with Gasteiger partial charge in [-0.05, 0) is 73.7 Å². The predicted octanol–water partition coefficient (Wildman–Crippen LogP) is 5.71. The van der Waals surface area contributed by atoms with Gasteiger partial charge in [-0.1, -0.05) is 54.6 Å². The Morgan fingerprint density at radius 3 is 2.15 bits per heavy atom. The molecule has 3 rings (SSSR count). The molecule has 180 valence electrons. The zero-order chi connectivity index (χ0) is 23.8. The maximum Gasteiger partial charge on any atom is 0.306 e. The Balaban J connectivity index is 1.23. The monoisotopic (exact) mass is 461 g/mol. The molecule has 5 nitrogen and oxygen atoms in total. The Hall–Kier alpha value is -3.31. The third-order valence-electron chi connectivity index (χ3n) is 5.34. The van der Waals surface area contributed by atoms with Gasteiger partial charge in [0.2, 0.25) is 0 Å². The van der Waals surface area contributed by atoms with E-state index in [-0.39, 0.29) is 12.6 Å². The third kappa shape index (κ3) is 9.67. The Bertz CT molecular complexity index is 956. The van der Waals surface area contributed by atoms with E-state index in [1.165, 1.54) is 11.1 Å². The molecule has 34 heavy (non-hydrogen) atoms. The van der Waals surface area contributed by atoms with Gasteiger partial charge in [0.15, 0.2) is 0 Å². The van der Waals surface area contributed by atoms with Crippen LogP contribution in [0.5, 0.6) is 11.5 Å². The number of hydrogen-bond acceptors (Lipinski definition) is 5. The number of aryl methyl sites for hydroxylation is 1. The maximum absolute atomic E-state index is 12.0. The standard InChI is InChI=1S/C29H35NO4/c1-2-32-27-18-14-26(15-19-27)23-34-29(31)11-7-21-33-28-16-12-25(13-17-28)22-30-20-6-10-24-8-4-3-5-9-24/h3-5,8-9,12-19,30H,2,6-7,10-11,20-23H2,1H3. The number of nitrogens with one attached hydrogen (secondary N) is 1. The van der Waals surface area contributed by atoms with Crippen molar-refractivity contribution in [1.29, 1.82) is 0 Å². The van der Waals surface area contributed by atoms with Crippen LogP contribution in [-0.2, 0) is 29.1 Å². The maximum atomic E-state index is 12.0. The van der Waals surface area contributed by atoms with E-state index in [1.807, 2.05) is 43.3 Å². The minimum atomic E-state index is -0.217. The van der Waals surface area contributed by atoms with Crippen LogP contribution in [-0.4, -0.2) is 25.7 Å². The molecular weight excluding hydrogens is 426 g/mol. The number of carbonyl (C=O) groups is 1. The summed E-state index contributed by atoms with van der Waals surface area (Å²) in [6.07, 6.45) is 3.17. The first-order valence-corrected chi connectivity index (χ1v) is 12.1. The minimum Gasteiger partial charge on any atom is -0.494 e. The second kappa shape index (κ2) is 14.8. The van der Waals surface area contributed by atoms with E-state index in [0.717, 1.165) is 43.0 Å². The summed E-state index contributed by atoms with van der Waals surface area (Å²) in [5, 5.41) is 3.49. The number of hydrogen-bond donors (Lipinski definition) is 1. The Morgan fingerprint density at radius 2 is 1.44 bits per heavy atom. The first-order valence-electron chi connectivity index (χ1n) is 12.1. The molecule has 0 atom stereocenters. The van der Waals surface area contributed by atoms with Gasteiger partial charge in [-0.25, -0.2) is 0 Å². The van der Waals surface area contributed by atoms with Crippen LogP contribution in [0.15, 0.2) is 78.9 Å². The molecule has 3 aromatic carbocycles. The van der Waals surface area contributed by atoms with Crippen molar-refractivity contribution >= 4 is 5.97 Å². The van der Waals surface area contributed by atoms with Crippen LogP contribution >= 0.6 is 0 Å². The Morgan fingerprint density at radius 1 is 0.765 bits per heavy atom. The Kier molecular flexibility index (Phi) is 11.0. The van der Waals surface area contributed by atoms with E-state index in [0.29, 0.717) is 26.1 Å². The van der Waals surface area contributed by atoms with Gasteiger partial charge in [0, 0.05) is 13.0 Å². The summed E-state index contributed by atoms with van der Waals surface area (Å²) < 4.78 is 16.5. The highest BCUT2D eigenvalue weighted by atomic mass is 16.5. The molecule has 0 heterocycles. The van der Waals surface area contributed by atoms with E-state index in [4.69, 9.17) is 14.2 Å². The summed E-state index contributed by atoms with van der Waals surface area (Å²) in [5.74, 6) is 1.42. The van der Waals surface area contributed by atoms with Gasteiger partial charge in [-0.2, -0.15) is 0 Å². The van der Waals surface area contributed by atoms with Crippen LogP contribution in [0.4, 0.5) is 0 Å². The summed E-state index contributed by atoms with van der Waals surface area (Å²) in [6, 6.07) is 26.3. The average molecular weight is 462 g/mol. The van der Waals surface area contributed by atoms with Crippen LogP contribution in [0.2, 0.25) is 0 Å². The van der Waals surface area contributed by atoms with Crippen molar-refractivity contribution in [3.63, 3.8) is 0 Å². The van der Waals surface area contributed by atoms with Crippen molar-refractivity contribution in [2.24, 2.45) is 0 Å². The second-order valence-electron chi connectivity index (χ2n) is 8.10. The number of esters is 1. The van der Waals surface area contributed by atoms with Crippen molar-refractivity contribution in [3.8, 4) is 11.5 Å². The topological polar surface area (TPSA) is 56.8 Å². The summed E-state index contributed by atoms with van der Waals surface area (Å²) in [4.78, 5) is 12.0. The van der Waals surface area contributed by atoms with E-state index in [1.54, 1.807) is 0 Å². The van der Waals surface area contributed by atoms with Gasteiger partial charge in [-0.15, -0.1) is 0 Å². The highest BCUT2D eigenvalue weighted by molar-refractivity contribution is 5.69. The zero-order valence-corrected chi connectivity index (χ0v) is 20.0. The van der Waals surface area contributed by atoms with Gasteiger partial charge in [-0.3, -0.25) is 4.79 Å². The van der Waals surface area contributed by atoms with Crippen LogP contribution in [0.3, 0.4) is 0 Å². The quantitative estimate of drug-likeness (QED) is 0.232. The molecule has 0 spiro atoms. The predicted molar refractivity (Wildman–Crippen MR) is 135 cm³/mol. The zero-order valence-electron chi connectivity index (χ0n) is 20.0. The molecule has 0 saturated heterocycles. The summed E-state index contributed by atoms with van der Waals surface area (Å²) in [7, 11) is 0. The molecule has 5 heteroatoms. The van der Waals surface area contributed by atoms with Gasteiger partial charge in [0.25, 0.3) is 0 Å². The molecule has 0 aliphatic rings. The molecule has 0 amide bonds. The first-order chi connectivity index (χ1) is 16.7. The number of rotatable bonds is 15. The lowest BCUT2D eigenvalue weighted by Gasteiger charge is -2.09. The van der Waals surface area contributed by atoms with Gasteiger partial charge < -0.3 is 19.5 Å². The number of carbonyl (C=O) groups excluding carboxylic acids is 1. The van der Waals surface area contributed by atoms with E-state index >= 15 is 0 Å². The van der Waals surface area contributed by atoms with Crippen LogP contribution in [0.1, 0.15) is 42.9 Å². The smallest absolute Gasteiger partial charge is 0.306 e. The fraction of sp³-hybridized carbons (Fsp3) is 0.345. The SMILES string of the molecule is CCOc1ccc(COC(=O)CCCOc2ccc(CNCCCc3ccccc3)cc2)cc1. The fourth-order valence-electron chi connectivity index (χ4n) is 3.49. The highest BCUT2D eigenvalue weighted by Gasteiger charge is 2.05. The molecule has 1 N–H and O–H groups in total. The number of benzene rings is 3. The molecule has 3 aromatic rings. The van der Waals surface area contributed by atoms with Crippen molar-refractivity contribution < 1.29 is 19.0 Å². The van der Waals surface area contributed by atoms with Gasteiger partial charge in [0.05, 0.1) is 13.2 Å². The third-order valence-corrected chi connectivity index (χ3v) is 5.34.